The summed E-state index contributed by atoms with van der Waals surface area (Å²) in [5, 5.41) is 3.30. The van der Waals surface area contributed by atoms with E-state index in [-0.39, 0.29) is 12.3 Å². The standard InChI is InChI=1S/C14H21NO3/c1-3-16-12-6-4-11(5-7-12)13(15-2)10-14-17-8-9-18-14/h4-7,13-15H,3,8-10H2,1-2H3. The van der Waals surface area contributed by atoms with Gasteiger partial charge < -0.3 is 19.5 Å². The van der Waals surface area contributed by atoms with Crippen LogP contribution in [0.4, 0.5) is 0 Å². The van der Waals surface area contributed by atoms with Crippen molar-refractivity contribution in [3.05, 3.63) is 29.8 Å². The van der Waals surface area contributed by atoms with Gasteiger partial charge in [-0.3, -0.25) is 0 Å². The van der Waals surface area contributed by atoms with Gasteiger partial charge in [0.25, 0.3) is 0 Å². The Kier molecular flexibility index (Phi) is 4.99. The number of nitrogens with one attached hydrogen (secondary N) is 1. The Morgan fingerprint density at radius 1 is 1.28 bits per heavy atom. The van der Waals surface area contributed by atoms with Crippen molar-refractivity contribution in [2.75, 3.05) is 26.9 Å². The quantitative estimate of drug-likeness (QED) is 0.840. The normalized spacial score (nSPS) is 17.9. The van der Waals surface area contributed by atoms with Crippen LogP contribution in [0.3, 0.4) is 0 Å². The molecule has 1 aliphatic heterocycles. The highest BCUT2D eigenvalue weighted by Crippen LogP contribution is 2.24. The smallest absolute Gasteiger partial charge is 0.159 e. The fourth-order valence-electron chi connectivity index (χ4n) is 2.12. The topological polar surface area (TPSA) is 39.7 Å². The first-order valence-electron chi connectivity index (χ1n) is 6.46. The predicted octanol–water partition coefficient (Wildman–Crippen LogP) is 2.11. The molecule has 1 heterocycles. The number of benzene rings is 1. The average Bonchev–Trinajstić information content (AvgIpc) is 2.90. The maximum Gasteiger partial charge on any atom is 0.159 e. The molecular weight excluding hydrogens is 230 g/mol. The van der Waals surface area contributed by atoms with Gasteiger partial charge in [0.2, 0.25) is 0 Å². The van der Waals surface area contributed by atoms with E-state index in [9.17, 15) is 0 Å². The third kappa shape index (κ3) is 3.45. The van der Waals surface area contributed by atoms with Crippen molar-refractivity contribution in [3.63, 3.8) is 0 Å². The summed E-state index contributed by atoms with van der Waals surface area (Å²) in [5.74, 6) is 0.907. The van der Waals surface area contributed by atoms with Crippen molar-refractivity contribution in [3.8, 4) is 5.75 Å². The molecule has 4 heteroatoms. The molecule has 0 saturated carbocycles. The average molecular weight is 251 g/mol. The van der Waals surface area contributed by atoms with E-state index in [1.54, 1.807) is 0 Å². The molecule has 0 aliphatic carbocycles. The second-order valence-corrected chi connectivity index (χ2v) is 4.25. The van der Waals surface area contributed by atoms with Gasteiger partial charge in [0.05, 0.1) is 19.8 Å². The summed E-state index contributed by atoms with van der Waals surface area (Å²) >= 11 is 0. The molecule has 1 fully saturated rings. The summed E-state index contributed by atoms with van der Waals surface area (Å²) in [6.07, 6.45) is 0.735. The highest BCUT2D eigenvalue weighted by atomic mass is 16.7. The predicted molar refractivity (Wildman–Crippen MR) is 69.7 cm³/mol. The highest BCUT2D eigenvalue weighted by Gasteiger charge is 2.21. The van der Waals surface area contributed by atoms with Crippen molar-refractivity contribution in [1.82, 2.24) is 5.32 Å². The second-order valence-electron chi connectivity index (χ2n) is 4.25. The van der Waals surface area contributed by atoms with E-state index < -0.39 is 0 Å². The number of hydrogen-bond donors (Lipinski definition) is 1. The van der Waals surface area contributed by atoms with Crippen LogP contribution in [0.5, 0.6) is 5.75 Å². The summed E-state index contributed by atoms with van der Waals surface area (Å²) in [7, 11) is 1.95. The molecule has 100 valence electrons. The molecule has 0 radical (unpaired) electrons. The van der Waals surface area contributed by atoms with Crippen molar-refractivity contribution < 1.29 is 14.2 Å². The fourth-order valence-corrected chi connectivity index (χ4v) is 2.12. The van der Waals surface area contributed by atoms with E-state index in [2.05, 4.69) is 17.4 Å². The molecule has 2 rings (SSSR count). The summed E-state index contributed by atoms with van der Waals surface area (Å²) in [6, 6.07) is 8.41. The molecule has 0 amide bonds. The van der Waals surface area contributed by atoms with Gasteiger partial charge in [0.1, 0.15) is 5.75 Å². The van der Waals surface area contributed by atoms with Crippen LogP contribution >= 0.6 is 0 Å². The van der Waals surface area contributed by atoms with Crippen LogP contribution < -0.4 is 10.1 Å². The van der Waals surface area contributed by atoms with Gasteiger partial charge in [0.15, 0.2) is 6.29 Å². The minimum absolute atomic E-state index is 0.0889. The van der Waals surface area contributed by atoms with Crippen molar-refractivity contribution in [2.45, 2.75) is 25.7 Å². The third-order valence-corrected chi connectivity index (χ3v) is 3.06. The summed E-state index contributed by atoms with van der Waals surface area (Å²) in [4.78, 5) is 0. The minimum atomic E-state index is -0.0889. The largest absolute Gasteiger partial charge is 0.494 e. The Labute approximate surface area is 108 Å². The van der Waals surface area contributed by atoms with E-state index in [0.717, 1.165) is 12.2 Å². The van der Waals surface area contributed by atoms with Crippen LogP contribution in [-0.2, 0) is 9.47 Å². The number of rotatable bonds is 6. The second kappa shape index (κ2) is 6.73. The van der Waals surface area contributed by atoms with Gasteiger partial charge in [0, 0.05) is 12.5 Å². The zero-order chi connectivity index (χ0) is 12.8. The first-order valence-corrected chi connectivity index (χ1v) is 6.46. The molecule has 0 spiro atoms. The van der Waals surface area contributed by atoms with Crippen LogP contribution in [0.25, 0.3) is 0 Å². The Bertz CT molecular complexity index is 347. The van der Waals surface area contributed by atoms with E-state index in [1.165, 1.54) is 5.56 Å². The Morgan fingerprint density at radius 2 is 1.94 bits per heavy atom. The molecular formula is C14H21NO3. The fraction of sp³-hybridized carbons (Fsp3) is 0.571. The first kappa shape index (κ1) is 13.3. The molecule has 1 aromatic carbocycles. The van der Waals surface area contributed by atoms with Crippen LogP contribution in [0.1, 0.15) is 24.9 Å². The molecule has 4 nitrogen and oxygen atoms in total. The molecule has 1 aliphatic rings. The van der Waals surface area contributed by atoms with Gasteiger partial charge in [-0.2, -0.15) is 0 Å². The number of ether oxygens (including phenoxy) is 3. The van der Waals surface area contributed by atoms with Crippen LogP contribution in [0, 0.1) is 0 Å². The van der Waals surface area contributed by atoms with Gasteiger partial charge >= 0.3 is 0 Å². The van der Waals surface area contributed by atoms with Crippen LogP contribution in [0.2, 0.25) is 0 Å². The molecule has 1 aromatic rings. The Balaban J connectivity index is 1.97. The molecule has 1 N–H and O–H groups in total. The van der Waals surface area contributed by atoms with Gasteiger partial charge in [-0.05, 0) is 31.7 Å². The van der Waals surface area contributed by atoms with Crippen LogP contribution in [-0.4, -0.2) is 33.2 Å². The SMILES string of the molecule is CCOc1ccc(C(CC2OCCO2)NC)cc1. The lowest BCUT2D eigenvalue weighted by atomic mass is 10.0. The molecule has 0 bridgehead atoms. The van der Waals surface area contributed by atoms with E-state index in [4.69, 9.17) is 14.2 Å². The van der Waals surface area contributed by atoms with Crippen molar-refractivity contribution in [1.29, 1.82) is 0 Å². The maximum atomic E-state index is 5.48. The van der Waals surface area contributed by atoms with E-state index >= 15 is 0 Å². The zero-order valence-corrected chi connectivity index (χ0v) is 11.0. The third-order valence-electron chi connectivity index (χ3n) is 3.06. The lowest BCUT2D eigenvalue weighted by Gasteiger charge is -2.20. The van der Waals surface area contributed by atoms with E-state index in [1.807, 2.05) is 26.1 Å². The zero-order valence-electron chi connectivity index (χ0n) is 11.0. The monoisotopic (exact) mass is 251 g/mol. The molecule has 18 heavy (non-hydrogen) atoms. The molecule has 0 aromatic heterocycles. The van der Waals surface area contributed by atoms with Gasteiger partial charge in [-0.25, -0.2) is 0 Å². The Hall–Kier alpha value is -1.10. The van der Waals surface area contributed by atoms with E-state index in [0.29, 0.717) is 19.8 Å². The van der Waals surface area contributed by atoms with Crippen molar-refractivity contribution >= 4 is 0 Å². The lowest BCUT2D eigenvalue weighted by molar-refractivity contribution is -0.0526. The summed E-state index contributed by atoms with van der Waals surface area (Å²) in [5.41, 5.74) is 1.22. The first-order chi connectivity index (χ1) is 8.83. The van der Waals surface area contributed by atoms with Crippen molar-refractivity contribution in [2.24, 2.45) is 0 Å². The summed E-state index contributed by atoms with van der Waals surface area (Å²) < 4.78 is 16.4. The molecule has 1 atom stereocenters. The maximum absolute atomic E-state index is 5.48. The van der Waals surface area contributed by atoms with Gasteiger partial charge in [-0.1, -0.05) is 12.1 Å². The number of hydrogen-bond acceptors (Lipinski definition) is 4. The lowest BCUT2D eigenvalue weighted by Crippen LogP contribution is -2.22. The Morgan fingerprint density at radius 3 is 2.50 bits per heavy atom. The minimum Gasteiger partial charge on any atom is -0.494 e. The van der Waals surface area contributed by atoms with Gasteiger partial charge in [-0.15, -0.1) is 0 Å². The molecule has 1 saturated heterocycles. The molecule has 1 unspecified atom stereocenters. The van der Waals surface area contributed by atoms with Crippen LogP contribution in [0.15, 0.2) is 24.3 Å². The summed E-state index contributed by atoms with van der Waals surface area (Å²) in [6.45, 7) is 4.08. The highest BCUT2D eigenvalue weighted by molar-refractivity contribution is 5.29.